The van der Waals surface area contributed by atoms with Crippen LogP contribution in [0.1, 0.15) is 16.2 Å². The van der Waals surface area contributed by atoms with Gasteiger partial charge in [0.15, 0.2) is 0 Å². The summed E-state index contributed by atoms with van der Waals surface area (Å²) in [4.78, 5) is 21.8. The molecule has 0 aliphatic rings. The first kappa shape index (κ1) is 18.2. The average Bonchev–Trinajstić information content (AvgIpc) is 2.62. The van der Waals surface area contributed by atoms with Gasteiger partial charge in [-0.05, 0) is 55.5 Å². The van der Waals surface area contributed by atoms with Crippen LogP contribution in [0.25, 0.3) is 0 Å². The van der Waals surface area contributed by atoms with Crippen molar-refractivity contribution in [2.45, 2.75) is 6.92 Å². The van der Waals surface area contributed by atoms with Crippen molar-refractivity contribution in [3.63, 3.8) is 0 Å². The van der Waals surface area contributed by atoms with Crippen LogP contribution < -0.4 is 15.5 Å². The maximum Gasteiger partial charge on any atom is 0.335 e. The minimum Gasteiger partial charge on any atom is -0.478 e. The fraction of sp³-hybridized carbons (Fsp3) is 0.150. The number of hydrogen-bond donors (Lipinski definition) is 3. The van der Waals surface area contributed by atoms with Crippen LogP contribution in [-0.2, 0) is 0 Å². The number of aromatic carboxylic acids is 1. The summed E-state index contributed by atoms with van der Waals surface area (Å²) in [5.41, 5.74) is 3.03. The number of nitrogens with one attached hydrogen (secondary N) is 2. The van der Waals surface area contributed by atoms with Gasteiger partial charge in [0.05, 0.1) is 5.56 Å². The molecule has 27 heavy (non-hydrogen) atoms. The lowest BCUT2D eigenvalue weighted by atomic mass is 10.2. The molecule has 3 rings (SSSR count). The fourth-order valence-electron chi connectivity index (χ4n) is 2.53. The van der Waals surface area contributed by atoms with Crippen LogP contribution in [0, 0.1) is 6.92 Å². The van der Waals surface area contributed by atoms with E-state index in [1.807, 2.05) is 50.2 Å². The second kappa shape index (κ2) is 7.74. The summed E-state index contributed by atoms with van der Waals surface area (Å²) in [7, 11) is 3.99. The van der Waals surface area contributed by atoms with E-state index in [4.69, 9.17) is 5.11 Å². The summed E-state index contributed by atoms with van der Waals surface area (Å²) >= 11 is 0. The van der Waals surface area contributed by atoms with E-state index in [1.54, 1.807) is 30.3 Å². The molecule has 0 unspecified atom stereocenters. The van der Waals surface area contributed by atoms with E-state index >= 15 is 0 Å². The molecule has 2 aromatic carbocycles. The van der Waals surface area contributed by atoms with Crippen molar-refractivity contribution in [3.05, 3.63) is 66.0 Å². The van der Waals surface area contributed by atoms with Crippen molar-refractivity contribution in [2.24, 2.45) is 0 Å². The SMILES string of the molecule is Cc1nc(Nc2ccc(C(=O)O)cc2)cc(Nc2ccc(N(C)C)cc2)n1. The van der Waals surface area contributed by atoms with Crippen molar-refractivity contribution in [1.29, 1.82) is 0 Å². The lowest BCUT2D eigenvalue weighted by Crippen LogP contribution is -2.08. The molecule has 0 spiro atoms. The smallest absolute Gasteiger partial charge is 0.335 e. The highest BCUT2D eigenvalue weighted by Crippen LogP contribution is 2.22. The van der Waals surface area contributed by atoms with Gasteiger partial charge in [0.25, 0.3) is 0 Å². The molecule has 0 aliphatic heterocycles. The van der Waals surface area contributed by atoms with Crippen LogP contribution in [0.5, 0.6) is 0 Å². The van der Waals surface area contributed by atoms with Gasteiger partial charge in [-0.1, -0.05) is 0 Å². The Balaban J connectivity index is 1.76. The normalized spacial score (nSPS) is 10.3. The number of anilines is 5. The number of aromatic nitrogens is 2. The Hall–Kier alpha value is -3.61. The molecule has 0 aliphatic carbocycles. The molecule has 0 bridgehead atoms. The first-order chi connectivity index (χ1) is 12.9. The van der Waals surface area contributed by atoms with E-state index in [0.717, 1.165) is 17.1 Å². The first-order valence-electron chi connectivity index (χ1n) is 8.41. The molecule has 7 heteroatoms. The maximum atomic E-state index is 10.9. The van der Waals surface area contributed by atoms with Gasteiger partial charge in [0, 0.05) is 37.2 Å². The van der Waals surface area contributed by atoms with Gasteiger partial charge in [0.1, 0.15) is 17.5 Å². The number of aryl methyl sites for hydroxylation is 1. The number of rotatable bonds is 6. The third kappa shape index (κ3) is 4.72. The minimum atomic E-state index is -0.953. The Bertz CT molecular complexity index is 938. The molecule has 0 amide bonds. The predicted molar refractivity (Wildman–Crippen MR) is 108 cm³/mol. The highest BCUT2D eigenvalue weighted by molar-refractivity contribution is 5.88. The summed E-state index contributed by atoms with van der Waals surface area (Å²) in [5, 5.41) is 15.4. The van der Waals surface area contributed by atoms with Crippen LogP contribution >= 0.6 is 0 Å². The molecule has 138 valence electrons. The predicted octanol–water partition coefficient (Wildman–Crippen LogP) is 4.04. The summed E-state index contributed by atoms with van der Waals surface area (Å²) in [6.07, 6.45) is 0. The standard InChI is InChI=1S/C20H21N5O2/c1-13-21-18(23-15-6-4-14(5-7-15)20(26)27)12-19(22-13)24-16-8-10-17(11-9-16)25(2)3/h4-12H,1-3H3,(H,26,27)(H2,21,22,23,24). The Kier molecular flexibility index (Phi) is 5.21. The van der Waals surface area contributed by atoms with Crippen LogP contribution in [0.2, 0.25) is 0 Å². The van der Waals surface area contributed by atoms with Crippen molar-refractivity contribution in [2.75, 3.05) is 29.6 Å². The topological polar surface area (TPSA) is 90.4 Å². The number of carbonyl (C=O) groups is 1. The number of nitrogens with zero attached hydrogens (tertiary/aromatic N) is 3. The Morgan fingerprint density at radius 3 is 1.81 bits per heavy atom. The molecular formula is C20H21N5O2. The van der Waals surface area contributed by atoms with E-state index in [-0.39, 0.29) is 5.56 Å². The molecule has 0 atom stereocenters. The van der Waals surface area contributed by atoms with E-state index < -0.39 is 5.97 Å². The van der Waals surface area contributed by atoms with E-state index in [0.29, 0.717) is 17.5 Å². The van der Waals surface area contributed by atoms with Gasteiger partial charge >= 0.3 is 5.97 Å². The molecule has 0 fully saturated rings. The Morgan fingerprint density at radius 1 is 0.889 bits per heavy atom. The third-order valence-corrected chi connectivity index (χ3v) is 3.90. The molecular weight excluding hydrogens is 342 g/mol. The lowest BCUT2D eigenvalue weighted by molar-refractivity contribution is 0.0697. The monoisotopic (exact) mass is 363 g/mol. The molecule has 0 radical (unpaired) electrons. The zero-order valence-corrected chi connectivity index (χ0v) is 15.4. The molecule has 1 heterocycles. The summed E-state index contributed by atoms with van der Waals surface area (Å²) in [6, 6.07) is 16.3. The van der Waals surface area contributed by atoms with Gasteiger partial charge in [-0.25, -0.2) is 14.8 Å². The second-order valence-electron chi connectivity index (χ2n) is 6.26. The third-order valence-electron chi connectivity index (χ3n) is 3.90. The number of carboxylic acids is 1. The van der Waals surface area contributed by atoms with Crippen molar-refractivity contribution in [3.8, 4) is 0 Å². The van der Waals surface area contributed by atoms with Crippen LogP contribution in [0.4, 0.5) is 28.7 Å². The quantitative estimate of drug-likeness (QED) is 0.609. The van der Waals surface area contributed by atoms with E-state index in [9.17, 15) is 4.79 Å². The van der Waals surface area contributed by atoms with Gasteiger partial charge in [-0.15, -0.1) is 0 Å². The van der Waals surface area contributed by atoms with E-state index in [1.165, 1.54) is 0 Å². The minimum absolute atomic E-state index is 0.239. The molecule has 0 saturated heterocycles. The molecule has 0 saturated carbocycles. The molecule has 3 aromatic rings. The lowest BCUT2D eigenvalue weighted by Gasteiger charge is -2.14. The molecule has 3 N–H and O–H groups in total. The Labute approximate surface area is 157 Å². The van der Waals surface area contributed by atoms with Crippen molar-refractivity contribution < 1.29 is 9.90 Å². The highest BCUT2D eigenvalue weighted by Gasteiger charge is 2.06. The maximum absolute atomic E-state index is 10.9. The largest absolute Gasteiger partial charge is 0.478 e. The number of carboxylic acid groups (broad SMARTS) is 1. The summed E-state index contributed by atoms with van der Waals surface area (Å²) < 4.78 is 0. The van der Waals surface area contributed by atoms with Crippen molar-refractivity contribution in [1.82, 2.24) is 9.97 Å². The summed E-state index contributed by atoms with van der Waals surface area (Å²) in [5.74, 6) is 0.962. The van der Waals surface area contributed by atoms with Gasteiger partial charge in [-0.2, -0.15) is 0 Å². The molecule has 7 nitrogen and oxygen atoms in total. The van der Waals surface area contributed by atoms with Gasteiger partial charge < -0.3 is 20.6 Å². The average molecular weight is 363 g/mol. The summed E-state index contributed by atoms with van der Waals surface area (Å²) in [6.45, 7) is 1.82. The zero-order chi connectivity index (χ0) is 19.4. The second-order valence-corrected chi connectivity index (χ2v) is 6.26. The molecule has 1 aromatic heterocycles. The van der Waals surface area contributed by atoms with Crippen molar-refractivity contribution >= 4 is 34.7 Å². The highest BCUT2D eigenvalue weighted by atomic mass is 16.4. The van der Waals surface area contributed by atoms with E-state index in [2.05, 4.69) is 20.6 Å². The van der Waals surface area contributed by atoms with Gasteiger partial charge in [0.2, 0.25) is 0 Å². The zero-order valence-electron chi connectivity index (χ0n) is 15.4. The number of hydrogen-bond acceptors (Lipinski definition) is 6. The van der Waals surface area contributed by atoms with Gasteiger partial charge in [-0.3, -0.25) is 0 Å². The Morgan fingerprint density at radius 2 is 1.37 bits per heavy atom. The fourth-order valence-corrected chi connectivity index (χ4v) is 2.53. The number of benzene rings is 2. The van der Waals surface area contributed by atoms with Crippen LogP contribution in [-0.4, -0.2) is 35.1 Å². The first-order valence-corrected chi connectivity index (χ1v) is 8.41. The van der Waals surface area contributed by atoms with Crippen LogP contribution in [0.15, 0.2) is 54.6 Å². The van der Waals surface area contributed by atoms with Crippen LogP contribution in [0.3, 0.4) is 0 Å².